The van der Waals surface area contributed by atoms with Crippen LogP contribution >= 0.6 is 0 Å². The first-order chi connectivity index (χ1) is 9.97. The first-order valence-corrected chi connectivity index (χ1v) is 7.95. The van der Waals surface area contributed by atoms with E-state index in [2.05, 4.69) is 36.5 Å². The predicted octanol–water partition coefficient (Wildman–Crippen LogP) is 3.25. The van der Waals surface area contributed by atoms with Gasteiger partial charge in [-0.2, -0.15) is 0 Å². The van der Waals surface area contributed by atoms with Crippen LogP contribution in [0.15, 0.2) is 24.3 Å². The van der Waals surface area contributed by atoms with E-state index in [0.717, 1.165) is 32.4 Å². The third-order valence-corrected chi connectivity index (χ3v) is 4.44. The van der Waals surface area contributed by atoms with E-state index in [1.54, 1.807) is 0 Å². The lowest BCUT2D eigenvalue weighted by molar-refractivity contribution is -0.162. The molecule has 0 atom stereocenters. The summed E-state index contributed by atoms with van der Waals surface area (Å²) in [5.74, 6) is 0.376. The molecular weight excluding hydrogens is 262 g/mol. The minimum atomic E-state index is -0.355. The zero-order valence-corrected chi connectivity index (χ0v) is 13.4. The molecule has 0 saturated carbocycles. The van der Waals surface area contributed by atoms with Gasteiger partial charge in [-0.05, 0) is 58.7 Å². The second-order valence-electron chi connectivity index (χ2n) is 6.59. The fourth-order valence-electron chi connectivity index (χ4n) is 2.95. The van der Waals surface area contributed by atoms with E-state index in [1.165, 1.54) is 11.1 Å². The second kappa shape index (κ2) is 7.08. The third-order valence-electron chi connectivity index (χ3n) is 4.44. The molecule has 1 N–H and O–H groups in total. The monoisotopic (exact) mass is 289 g/mol. The quantitative estimate of drug-likeness (QED) is 0.846. The highest BCUT2D eigenvalue weighted by molar-refractivity contribution is 5.70. The maximum atomic E-state index is 12.1. The molecule has 116 valence electrons. The van der Waals surface area contributed by atoms with Crippen LogP contribution in [-0.4, -0.2) is 24.7 Å². The Labute approximate surface area is 128 Å². The van der Waals surface area contributed by atoms with E-state index in [4.69, 9.17) is 4.74 Å². The van der Waals surface area contributed by atoms with Crippen LogP contribution in [0.4, 0.5) is 0 Å². The molecule has 0 amide bonds. The van der Waals surface area contributed by atoms with Crippen molar-refractivity contribution in [1.82, 2.24) is 5.32 Å². The lowest BCUT2D eigenvalue weighted by atomic mass is 9.83. The van der Waals surface area contributed by atoms with Crippen molar-refractivity contribution >= 4 is 5.97 Å². The lowest BCUT2D eigenvalue weighted by Crippen LogP contribution is -2.42. The third kappa shape index (κ3) is 4.85. The Morgan fingerprint density at radius 3 is 2.48 bits per heavy atom. The largest absolute Gasteiger partial charge is 0.459 e. The maximum absolute atomic E-state index is 12.1. The van der Waals surface area contributed by atoms with E-state index in [9.17, 15) is 4.79 Å². The molecule has 3 heteroatoms. The van der Waals surface area contributed by atoms with E-state index >= 15 is 0 Å². The van der Waals surface area contributed by atoms with Gasteiger partial charge in [0.1, 0.15) is 5.60 Å². The molecule has 1 fully saturated rings. The standard InChI is InChI=1S/C18H27NO2/c1-14-4-6-15(7-5-14)8-9-17(20)21-18(2,3)16-10-12-19-13-11-16/h4-7,16,19H,8-13H2,1-3H3. The fraction of sp³-hybridized carbons (Fsp3) is 0.611. The number of hydrogen-bond acceptors (Lipinski definition) is 3. The molecule has 1 heterocycles. The van der Waals surface area contributed by atoms with Crippen molar-refractivity contribution in [2.75, 3.05) is 13.1 Å². The summed E-state index contributed by atoms with van der Waals surface area (Å²) < 4.78 is 5.76. The minimum Gasteiger partial charge on any atom is -0.459 e. The Hall–Kier alpha value is -1.35. The first kappa shape index (κ1) is 16.0. The SMILES string of the molecule is Cc1ccc(CCC(=O)OC(C)(C)C2CCNCC2)cc1. The van der Waals surface area contributed by atoms with Crippen LogP contribution in [0.5, 0.6) is 0 Å². The summed E-state index contributed by atoms with van der Waals surface area (Å²) in [4.78, 5) is 12.1. The molecule has 1 aromatic carbocycles. The number of esters is 1. The molecule has 1 aliphatic heterocycles. The molecule has 3 nitrogen and oxygen atoms in total. The molecule has 0 radical (unpaired) electrons. The van der Waals surface area contributed by atoms with Crippen molar-refractivity contribution in [3.63, 3.8) is 0 Å². The number of carbonyl (C=O) groups is 1. The van der Waals surface area contributed by atoms with Gasteiger partial charge in [0.05, 0.1) is 0 Å². The summed E-state index contributed by atoms with van der Waals surface area (Å²) in [5, 5.41) is 3.35. The first-order valence-electron chi connectivity index (χ1n) is 7.95. The van der Waals surface area contributed by atoms with E-state index in [0.29, 0.717) is 12.3 Å². The van der Waals surface area contributed by atoms with E-state index in [1.807, 2.05) is 13.8 Å². The summed E-state index contributed by atoms with van der Waals surface area (Å²) in [6.07, 6.45) is 3.37. The highest BCUT2D eigenvalue weighted by Gasteiger charge is 2.33. The Balaban J connectivity index is 1.81. The average Bonchev–Trinajstić information content (AvgIpc) is 2.47. The molecule has 0 aromatic heterocycles. The average molecular weight is 289 g/mol. The van der Waals surface area contributed by atoms with Crippen molar-refractivity contribution in [2.24, 2.45) is 5.92 Å². The van der Waals surface area contributed by atoms with Gasteiger partial charge in [0.15, 0.2) is 0 Å². The van der Waals surface area contributed by atoms with Crippen LogP contribution in [0.25, 0.3) is 0 Å². The molecule has 2 rings (SSSR count). The second-order valence-corrected chi connectivity index (χ2v) is 6.59. The number of carbonyl (C=O) groups excluding carboxylic acids is 1. The molecule has 1 saturated heterocycles. The van der Waals surface area contributed by atoms with E-state index in [-0.39, 0.29) is 11.6 Å². The van der Waals surface area contributed by atoms with Crippen LogP contribution in [-0.2, 0) is 16.0 Å². The van der Waals surface area contributed by atoms with Gasteiger partial charge in [0.25, 0.3) is 0 Å². The van der Waals surface area contributed by atoms with Crippen LogP contribution in [0.3, 0.4) is 0 Å². The number of rotatable bonds is 5. The number of nitrogens with one attached hydrogen (secondary N) is 1. The highest BCUT2D eigenvalue weighted by Crippen LogP contribution is 2.29. The Morgan fingerprint density at radius 1 is 1.24 bits per heavy atom. The van der Waals surface area contributed by atoms with Gasteiger partial charge in [-0.25, -0.2) is 0 Å². The lowest BCUT2D eigenvalue weighted by Gasteiger charge is -2.36. The minimum absolute atomic E-state index is 0.0842. The number of benzene rings is 1. The molecule has 1 aliphatic rings. The highest BCUT2D eigenvalue weighted by atomic mass is 16.6. The number of piperidine rings is 1. The topological polar surface area (TPSA) is 38.3 Å². The zero-order valence-electron chi connectivity index (χ0n) is 13.4. The predicted molar refractivity (Wildman–Crippen MR) is 85.3 cm³/mol. The maximum Gasteiger partial charge on any atom is 0.306 e. The van der Waals surface area contributed by atoms with E-state index < -0.39 is 0 Å². The van der Waals surface area contributed by atoms with Crippen molar-refractivity contribution in [3.05, 3.63) is 35.4 Å². The number of ether oxygens (including phenoxy) is 1. The Morgan fingerprint density at radius 2 is 1.86 bits per heavy atom. The number of hydrogen-bond donors (Lipinski definition) is 1. The number of aryl methyl sites for hydroxylation is 2. The molecule has 0 unspecified atom stereocenters. The van der Waals surface area contributed by atoms with Crippen molar-refractivity contribution in [1.29, 1.82) is 0 Å². The van der Waals surface area contributed by atoms with Crippen LogP contribution in [0, 0.1) is 12.8 Å². The van der Waals surface area contributed by atoms with Crippen molar-refractivity contribution in [3.8, 4) is 0 Å². The summed E-state index contributed by atoms with van der Waals surface area (Å²) in [7, 11) is 0. The summed E-state index contributed by atoms with van der Waals surface area (Å²) in [5.41, 5.74) is 2.08. The van der Waals surface area contributed by atoms with Gasteiger partial charge < -0.3 is 10.1 Å². The van der Waals surface area contributed by atoms with Crippen LogP contribution < -0.4 is 5.32 Å². The zero-order chi connectivity index (χ0) is 15.3. The van der Waals surface area contributed by atoms with Gasteiger partial charge in [-0.1, -0.05) is 29.8 Å². The fourth-order valence-corrected chi connectivity index (χ4v) is 2.95. The van der Waals surface area contributed by atoms with Crippen molar-refractivity contribution in [2.45, 2.75) is 52.1 Å². The van der Waals surface area contributed by atoms with Gasteiger partial charge in [-0.3, -0.25) is 4.79 Å². The summed E-state index contributed by atoms with van der Waals surface area (Å²) in [6.45, 7) is 8.21. The van der Waals surface area contributed by atoms with Gasteiger partial charge >= 0.3 is 5.97 Å². The molecule has 0 aliphatic carbocycles. The van der Waals surface area contributed by atoms with Crippen molar-refractivity contribution < 1.29 is 9.53 Å². The van der Waals surface area contributed by atoms with Crippen LogP contribution in [0.2, 0.25) is 0 Å². The smallest absolute Gasteiger partial charge is 0.306 e. The molecule has 21 heavy (non-hydrogen) atoms. The molecule has 0 bridgehead atoms. The molecular formula is C18H27NO2. The van der Waals surface area contributed by atoms with Gasteiger partial charge in [0.2, 0.25) is 0 Å². The summed E-state index contributed by atoms with van der Waals surface area (Å²) in [6, 6.07) is 8.33. The molecule has 0 spiro atoms. The van der Waals surface area contributed by atoms with Crippen LogP contribution in [0.1, 0.15) is 44.2 Å². The van der Waals surface area contributed by atoms with Gasteiger partial charge in [-0.15, -0.1) is 0 Å². The Kier molecular flexibility index (Phi) is 5.40. The molecule has 1 aromatic rings. The normalized spacial score (nSPS) is 16.7. The summed E-state index contributed by atoms with van der Waals surface area (Å²) >= 11 is 0. The van der Waals surface area contributed by atoms with Gasteiger partial charge in [0, 0.05) is 12.3 Å². The Bertz CT molecular complexity index is 459.